The summed E-state index contributed by atoms with van der Waals surface area (Å²) in [5.41, 5.74) is 1.55. The maximum absolute atomic E-state index is 10.4. The largest absolute Gasteiger partial charge is 0.504 e. The van der Waals surface area contributed by atoms with E-state index in [0.717, 1.165) is 24.5 Å². The Hall–Kier alpha value is -1.32. The molecule has 4 heteroatoms. The van der Waals surface area contributed by atoms with E-state index in [-0.39, 0.29) is 0 Å². The van der Waals surface area contributed by atoms with Crippen LogP contribution in [-0.2, 0) is 6.42 Å². The first-order valence-corrected chi connectivity index (χ1v) is 10.9. The zero-order valence-electron chi connectivity index (χ0n) is 17.4. The van der Waals surface area contributed by atoms with Gasteiger partial charge in [0.2, 0.25) is 5.95 Å². The van der Waals surface area contributed by atoms with Crippen molar-refractivity contribution in [1.82, 2.24) is 9.97 Å². The molecule has 2 heterocycles. The summed E-state index contributed by atoms with van der Waals surface area (Å²) in [5, 5.41) is 10.4. The highest BCUT2D eigenvalue weighted by molar-refractivity contribution is 5.42. The molecule has 1 saturated heterocycles. The number of aromatic nitrogens is 2. The molecule has 0 aromatic carbocycles. The van der Waals surface area contributed by atoms with Gasteiger partial charge in [0.25, 0.3) is 0 Å². The first kappa shape index (κ1) is 21.0. The number of rotatable bonds is 11. The molecule has 2 unspecified atom stereocenters. The molecule has 1 aromatic rings. The standard InChI is InChI=1S/C22H39N3O/c1-5-6-7-8-9-10-11-12-13-14-20-21(26)19(4)23-22(24-20)25-17(2)15-16-18(25)3/h17-18,26H,5-16H2,1-4H3. The molecule has 1 N–H and O–H groups in total. The van der Waals surface area contributed by atoms with Gasteiger partial charge in [-0.2, -0.15) is 0 Å². The van der Waals surface area contributed by atoms with E-state index in [9.17, 15) is 5.11 Å². The Kier molecular flexibility index (Phi) is 8.67. The average Bonchev–Trinajstić information content (AvgIpc) is 2.95. The molecule has 4 nitrogen and oxygen atoms in total. The highest BCUT2D eigenvalue weighted by Crippen LogP contribution is 2.31. The van der Waals surface area contributed by atoms with Crippen LogP contribution in [0.2, 0.25) is 0 Å². The van der Waals surface area contributed by atoms with E-state index >= 15 is 0 Å². The van der Waals surface area contributed by atoms with E-state index in [1.165, 1.54) is 64.2 Å². The third-order valence-corrected chi connectivity index (χ3v) is 5.82. The van der Waals surface area contributed by atoms with Gasteiger partial charge >= 0.3 is 0 Å². The second-order valence-corrected chi connectivity index (χ2v) is 8.17. The van der Waals surface area contributed by atoms with Crippen LogP contribution < -0.4 is 4.90 Å². The van der Waals surface area contributed by atoms with Crippen molar-refractivity contribution in [2.24, 2.45) is 0 Å². The van der Waals surface area contributed by atoms with Crippen molar-refractivity contribution in [2.75, 3.05) is 4.90 Å². The molecule has 0 saturated carbocycles. The van der Waals surface area contributed by atoms with Crippen molar-refractivity contribution >= 4 is 5.95 Å². The van der Waals surface area contributed by atoms with Crippen molar-refractivity contribution in [3.63, 3.8) is 0 Å². The second kappa shape index (κ2) is 10.7. The van der Waals surface area contributed by atoms with Crippen molar-refractivity contribution in [3.8, 4) is 5.75 Å². The van der Waals surface area contributed by atoms with Crippen LogP contribution in [0.4, 0.5) is 5.95 Å². The van der Waals surface area contributed by atoms with Gasteiger partial charge in [-0.1, -0.05) is 58.3 Å². The Morgan fingerprint density at radius 2 is 1.42 bits per heavy atom. The van der Waals surface area contributed by atoms with Crippen LogP contribution in [0.15, 0.2) is 0 Å². The lowest BCUT2D eigenvalue weighted by Gasteiger charge is -2.27. The molecule has 1 aliphatic heterocycles. The molecule has 1 aliphatic rings. The highest BCUT2D eigenvalue weighted by Gasteiger charge is 2.30. The van der Waals surface area contributed by atoms with Gasteiger partial charge < -0.3 is 10.0 Å². The predicted molar refractivity (Wildman–Crippen MR) is 110 cm³/mol. The van der Waals surface area contributed by atoms with Crippen molar-refractivity contribution in [1.29, 1.82) is 0 Å². The number of nitrogens with zero attached hydrogens (tertiary/aromatic N) is 3. The molecule has 1 aromatic heterocycles. The Morgan fingerprint density at radius 1 is 0.885 bits per heavy atom. The summed E-state index contributed by atoms with van der Waals surface area (Å²) in [7, 11) is 0. The highest BCUT2D eigenvalue weighted by atomic mass is 16.3. The normalized spacial score (nSPS) is 20.1. The minimum absolute atomic E-state index is 0.299. The fourth-order valence-corrected chi connectivity index (χ4v) is 4.09. The summed E-state index contributed by atoms with van der Waals surface area (Å²) in [6, 6.07) is 0.962. The second-order valence-electron chi connectivity index (χ2n) is 8.17. The van der Waals surface area contributed by atoms with E-state index in [0.29, 0.717) is 23.5 Å². The maximum Gasteiger partial charge on any atom is 0.226 e. The van der Waals surface area contributed by atoms with Gasteiger partial charge in [-0.05, 0) is 46.5 Å². The van der Waals surface area contributed by atoms with Crippen LogP contribution in [0, 0.1) is 6.92 Å². The van der Waals surface area contributed by atoms with Crippen LogP contribution in [0.1, 0.15) is 103 Å². The zero-order valence-corrected chi connectivity index (χ0v) is 17.4. The smallest absolute Gasteiger partial charge is 0.226 e. The first-order chi connectivity index (χ1) is 12.5. The number of aryl methyl sites for hydroxylation is 2. The van der Waals surface area contributed by atoms with Gasteiger partial charge in [0.05, 0.1) is 11.4 Å². The molecule has 2 rings (SSSR count). The Morgan fingerprint density at radius 3 is 2.00 bits per heavy atom. The van der Waals surface area contributed by atoms with Crippen molar-refractivity contribution in [3.05, 3.63) is 11.4 Å². The minimum Gasteiger partial charge on any atom is -0.504 e. The molecule has 2 atom stereocenters. The number of hydrogen-bond donors (Lipinski definition) is 1. The summed E-state index contributed by atoms with van der Waals surface area (Å²) >= 11 is 0. The number of unbranched alkanes of at least 4 members (excludes halogenated alkanes) is 8. The van der Waals surface area contributed by atoms with Crippen LogP contribution in [0.5, 0.6) is 5.75 Å². The summed E-state index contributed by atoms with van der Waals surface area (Å²) in [4.78, 5) is 11.6. The lowest BCUT2D eigenvalue weighted by molar-refractivity contribution is 0.452. The van der Waals surface area contributed by atoms with Gasteiger partial charge in [0.1, 0.15) is 0 Å². The van der Waals surface area contributed by atoms with Crippen LogP contribution >= 0.6 is 0 Å². The van der Waals surface area contributed by atoms with Gasteiger partial charge in [-0.15, -0.1) is 0 Å². The molecule has 1 fully saturated rings. The summed E-state index contributed by atoms with van der Waals surface area (Å²) in [6.45, 7) is 8.65. The lowest BCUT2D eigenvalue weighted by atomic mass is 10.1. The molecular weight excluding hydrogens is 322 g/mol. The van der Waals surface area contributed by atoms with E-state index in [2.05, 4.69) is 30.7 Å². The summed E-state index contributed by atoms with van der Waals surface area (Å²) in [5.74, 6) is 1.11. The molecule has 0 amide bonds. The van der Waals surface area contributed by atoms with Gasteiger partial charge in [0, 0.05) is 12.1 Å². The molecular formula is C22H39N3O. The molecule has 0 aliphatic carbocycles. The van der Waals surface area contributed by atoms with E-state index in [4.69, 9.17) is 4.98 Å². The maximum atomic E-state index is 10.4. The number of anilines is 1. The van der Waals surface area contributed by atoms with Crippen LogP contribution in [0.3, 0.4) is 0 Å². The van der Waals surface area contributed by atoms with Gasteiger partial charge in [-0.3, -0.25) is 0 Å². The first-order valence-electron chi connectivity index (χ1n) is 10.9. The Bertz CT molecular complexity index is 536. The third kappa shape index (κ3) is 5.85. The summed E-state index contributed by atoms with van der Waals surface area (Å²) in [6.07, 6.45) is 15.0. The monoisotopic (exact) mass is 361 g/mol. The third-order valence-electron chi connectivity index (χ3n) is 5.82. The van der Waals surface area contributed by atoms with Gasteiger partial charge in [-0.25, -0.2) is 9.97 Å². The fraction of sp³-hybridized carbons (Fsp3) is 0.818. The fourth-order valence-electron chi connectivity index (χ4n) is 4.09. The van der Waals surface area contributed by atoms with Crippen molar-refractivity contribution in [2.45, 2.75) is 117 Å². The predicted octanol–water partition coefficient (Wildman–Crippen LogP) is 5.94. The lowest BCUT2D eigenvalue weighted by Crippen LogP contribution is -2.34. The number of hydrogen-bond acceptors (Lipinski definition) is 4. The number of aromatic hydroxyl groups is 1. The van der Waals surface area contributed by atoms with Crippen LogP contribution in [-0.4, -0.2) is 27.2 Å². The molecule has 0 radical (unpaired) electrons. The molecule has 26 heavy (non-hydrogen) atoms. The van der Waals surface area contributed by atoms with E-state index in [1.54, 1.807) is 0 Å². The van der Waals surface area contributed by atoms with E-state index in [1.807, 2.05) is 6.92 Å². The average molecular weight is 362 g/mol. The minimum atomic E-state index is 0.299. The van der Waals surface area contributed by atoms with Crippen molar-refractivity contribution < 1.29 is 5.11 Å². The molecule has 0 spiro atoms. The van der Waals surface area contributed by atoms with E-state index < -0.39 is 0 Å². The quantitative estimate of drug-likeness (QED) is 0.495. The topological polar surface area (TPSA) is 49.2 Å². The molecule has 148 valence electrons. The van der Waals surface area contributed by atoms with Gasteiger partial charge in [0.15, 0.2) is 5.75 Å². The Balaban J connectivity index is 1.81. The Labute approximate surface area is 160 Å². The van der Waals surface area contributed by atoms with Crippen LogP contribution in [0.25, 0.3) is 0 Å². The zero-order chi connectivity index (χ0) is 18.9. The summed E-state index contributed by atoms with van der Waals surface area (Å²) < 4.78 is 0. The molecule has 0 bridgehead atoms. The SMILES string of the molecule is CCCCCCCCCCCc1nc(N2C(C)CCC2C)nc(C)c1O.